The molecule has 0 unspecified atom stereocenters. The van der Waals surface area contributed by atoms with E-state index in [0.717, 1.165) is 23.5 Å². The normalized spacial score (nSPS) is 37.6. The lowest BCUT2D eigenvalue weighted by molar-refractivity contribution is 0.0439. The predicted molar refractivity (Wildman–Crippen MR) is 138 cm³/mol. The van der Waals surface area contributed by atoms with Crippen molar-refractivity contribution in [2.24, 2.45) is 29.1 Å². The highest BCUT2D eigenvalue weighted by atomic mass is 16.3. The molecular weight excluding hydrogens is 408 g/mol. The van der Waals surface area contributed by atoms with E-state index in [0.29, 0.717) is 30.1 Å². The Bertz CT molecular complexity index is 783. The molecule has 186 valence electrons. The van der Waals surface area contributed by atoms with E-state index in [4.69, 9.17) is 0 Å². The third-order valence-electron chi connectivity index (χ3n) is 9.32. The highest BCUT2D eigenvalue weighted by Crippen LogP contribution is 2.59. The molecule has 3 aliphatic rings. The van der Waals surface area contributed by atoms with Crippen molar-refractivity contribution in [2.75, 3.05) is 0 Å². The van der Waals surface area contributed by atoms with E-state index in [9.17, 15) is 15.3 Å². The SMILES string of the molecule is C=C1/C(=C\C=C2/CCC[C@]3(C)[C@@H]([C@H](C)CC/C=C/[C@@H](C)C(C)(C)O)CC[C@@H]23)C[C@@H](O)C[C@@H]1O. The lowest BCUT2D eigenvalue weighted by Crippen LogP contribution is -2.36. The Morgan fingerprint density at radius 3 is 2.61 bits per heavy atom. The zero-order valence-electron chi connectivity index (χ0n) is 21.7. The number of aliphatic hydroxyl groups excluding tert-OH is 2. The van der Waals surface area contributed by atoms with Crippen molar-refractivity contribution in [3.05, 3.63) is 47.6 Å². The van der Waals surface area contributed by atoms with Gasteiger partial charge in [-0.25, -0.2) is 0 Å². The Kier molecular flexibility index (Phi) is 8.51. The van der Waals surface area contributed by atoms with Gasteiger partial charge in [-0.2, -0.15) is 0 Å². The van der Waals surface area contributed by atoms with Crippen LogP contribution in [-0.4, -0.2) is 33.1 Å². The van der Waals surface area contributed by atoms with Crippen LogP contribution in [0.2, 0.25) is 0 Å². The maximum absolute atomic E-state index is 10.2. The molecule has 0 aromatic carbocycles. The Morgan fingerprint density at radius 1 is 1.18 bits per heavy atom. The average molecular weight is 457 g/mol. The van der Waals surface area contributed by atoms with Gasteiger partial charge in [0, 0.05) is 12.3 Å². The fourth-order valence-corrected chi connectivity index (χ4v) is 6.78. The Morgan fingerprint density at radius 2 is 1.91 bits per heavy atom. The molecule has 0 heterocycles. The Hall–Kier alpha value is -1.16. The molecule has 7 atom stereocenters. The molecule has 0 bridgehead atoms. The number of hydrogen-bond donors (Lipinski definition) is 3. The molecular formula is C30H48O3. The number of fused-ring (bicyclic) bond motifs is 1. The monoisotopic (exact) mass is 456 g/mol. The molecule has 3 fully saturated rings. The number of hydrogen-bond acceptors (Lipinski definition) is 3. The van der Waals surface area contributed by atoms with Gasteiger partial charge in [0.1, 0.15) is 0 Å². The van der Waals surface area contributed by atoms with E-state index in [1.165, 1.54) is 38.5 Å². The van der Waals surface area contributed by atoms with Crippen LogP contribution < -0.4 is 0 Å². The summed E-state index contributed by atoms with van der Waals surface area (Å²) in [4.78, 5) is 0. The maximum Gasteiger partial charge on any atom is 0.0811 e. The molecule has 0 aromatic rings. The summed E-state index contributed by atoms with van der Waals surface area (Å²) in [6, 6.07) is 0. The molecule has 3 heteroatoms. The largest absolute Gasteiger partial charge is 0.393 e. The summed E-state index contributed by atoms with van der Waals surface area (Å²) < 4.78 is 0. The minimum atomic E-state index is -0.658. The first-order valence-electron chi connectivity index (χ1n) is 13.3. The summed E-state index contributed by atoms with van der Waals surface area (Å²) in [6.07, 6.45) is 17.4. The molecule has 0 amide bonds. The van der Waals surface area contributed by atoms with Crippen LogP contribution in [0.15, 0.2) is 47.6 Å². The van der Waals surface area contributed by atoms with Crippen molar-refractivity contribution in [3.63, 3.8) is 0 Å². The van der Waals surface area contributed by atoms with Gasteiger partial charge < -0.3 is 15.3 Å². The van der Waals surface area contributed by atoms with Crippen molar-refractivity contribution < 1.29 is 15.3 Å². The van der Waals surface area contributed by atoms with Crippen molar-refractivity contribution in [2.45, 2.75) is 110 Å². The number of aliphatic hydroxyl groups is 3. The van der Waals surface area contributed by atoms with Gasteiger partial charge in [-0.05, 0) is 99.5 Å². The quantitative estimate of drug-likeness (QED) is 0.383. The van der Waals surface area contributed by atoms with Crippen LogP contribution in [0.1, 0.15) is 92.4 Å². The van der Waals surface area contributed by atoms with Gasteiger partial charge in [-0.3, -0.25) is 0 Å². The highest BCUT2D eigenvalue weighted by Gasteiger charge is 2.50. The van der Waals surface area contributed by atoms with Crippen molar-refractivity contribution in [1.29, 1.82) is 0 Å². The molecule has 3 saturated carbocycles. The average Bonchev–Trinajstić information content (AvgIpc) is 3.09. The van der Waals surface area contributed by atoms with Crippen molar-refractivity contribution in [1.82, 2.24) is 0 Å². The molecule has 0 aromatic heterocycles. The third kappa shape index (κ3) is 6.10. The third-order valence-corrected chi connectivity index (χ3v) is 9.32. The molecule has 0 spiro atoms. The van der Waals surface area contributed by atoms with Gasteiger partial charge in [0.15, 0.2) is 0 Å². The second kappa shape index (κ2) is 10.6. The van der Waals surface area contributed by atoms with E-state index in [1.807, 2.05) is 13.8 Å². The van der Waals surface area contributed by atoms with E-state index >= 15 is 0 Å². The fraction of sp³-hybridized carbons (Fsp3) is 0.733. The van der Waals surface area contributed by atoms with Gasteiger partial charge in [0.2, 0.25) is 0 Å². The lowest BCUT2D eigenvalue weighted by atomic mass is 9.60. The Labute approximate surface area is 202 Å². The predicted octanol–water partition coefficient (Wildman–Crippen LogP) is 6.51. The van der Waals surface area contributed by atoms with Gasteiger partial charge in [0.25, 0.3) is 0 Å². The highest BCUT2D eigenvalue weighted by molar-refractivity contribution is 5.38. The van der Waals surface area contributed by atoms with Crippen LogP contribution in [0.5, 0.6) is 0 Å². The lowest BCUT2D eigenvalue weighted by Gasteiger charge is -2.44. The van der Waals surface area contributed by atoms with Crippen molar-refractivity contribution in [3.8, 4) is 0 Å². The summed E-state index contributed by atoms with van der Waals surface area (Å²) in [7, 11) is 0. The minimum Gasteiger partial charge on any atom is -0.393 e. The number of allylic oxidation sites excluding steroid dienone is 4. The van der Waals surface area contributed by atoms with Gasteiger partial charge >= 0.3 is 0 Å². The molecule has 3 aliphatic carbocycles. The topological polar surface area (TPSA) is 60.7 Å². The standard InChI is InChI=1S/C30H48O3/c1-20(10-7-8-11-21(2)29(4,5)33)26-15-16-27-23(12-9-17-30(26,27)6)13-14-24-18-25(31)19-28(32)22(24)3/h8,11,13-14,20-21,25-28,31-33H,3,7,9-10,12,15-19H2,1-2,4-6H3/b11-8+,23-13+,24-14-/t20-,21-,25-,26-,27+,28+,30-/m1/s1. The van der Waals surface area contributed by atoms with Crippen LogP contribution in [-0.2, 0) is 0 Å². The first kappa shape index (κ1) is 26.4. The minimum absolute atomic E-state index is 0.170. The van der Waals surface area contributed by atoms with Gasteiger partial charge in [0.05, 0.1) is 17.8 Å². The molecule has 0 saturated heterocycles. The van der Waals surface area contributed by atoms with E-state index in [2.05, 4.69) is 51.7 Å². The first-order valence-corrected chi connectivity index (χ1v) is 13.3. The molecule has 3 N–H and O–H groups in total. The Balaban J connectivity index is 1.65. The van der Waals surface area contributed by atoms with Crippen LogP contribution in [0, 0.1) is 29.1 Å². The number of rotatable bonds is 7. The summed E-state index contributed by atoms with van der Waals surface area (Å²) in [5.74, 6) is 2.27. The zero-order valence-corrected chi connectivity index (χ0v) is 21.7. The van der Waals surface area contributed by atoms with Crippen LogP contribution in [0.25, 0.3) is 0 Å². The van der Waals surface area contributed by atoms with E-state index in [-0.39, 0.29) is 5.92 Å². The van der Waals surface area contributed by atoms with Crippen LogP contribution in [0.4, 0.5) is 0 Å². The van der Waals surface area contributed by atoms with Gasteiger partial charge in [-0.1, -0.05) is 57.2 Å². The summed E-state index contributed by atoms with van der Waals surface area (Å²) in [5.41, 5.74) is 3.06. The van der Waals surface area contributed by atoms with Gasteiger partial charge in [-0.15, -0.1) is 0 Å². The fourth-order valence-electron chi connectivity index (χ4n) is 6.78. The second-order valence-corrected chi connectivity index (χ2v) is 12.1. The second-order valence-electron chi connectivity index (χ2n) is 12.1. The zero-order chi connectivity index (χ0) is 24.4. The molecule has 3 rings (SSSR count). The maximum atomic E-state index is 10.2. The molecule has 33 heavy (non-hydrogen) atoms. The molecule has 0 aliphatic heterocycles. The van der Waals surface area contributed by atoms with E-state index < -0.39 is 17.8 Å². The smallest absolute Gasteiger partial charge is 0.0811 e. The molecule has 3 nitrogen and oxygen atoms in total. The van der Waals surface area contributed by atoms with E-state index in [1.54, 1.807) is 5.57 Å². The van der Waals surface area contributed by atoms with Crippen LogP contribution in [0.3, 0.4) is 0 Å². The van der Waals surface area contributed by atoms with Crippen LogP contribution >= 0.6 is 0 Å². The van der Waals surface area contributed by atoms with Crippen molar-refractivity contribution >= 4 is 0 Å². The summed E-state index contributed by atoms with van der Waals surface area (Å²) in [5, 5.41) is 30.4. The first-order chi connectivity index (χ1) is 15.4. The summed E-state index contributed by atoms with van der Waals surface area (Å²) in [6.45, 7) is 14.9. The summed E-state index contributed by atoms with van der Waals surface area (Å²) >= 11 is 0. The molecule has 0 radical (unpaired) electrons.